The van der Waals surface area contributed by atoms with Crippen LogP contribution in [0.15, 0.2) is 76.5 Å². The van der Waals surface area contributed by atoms with Crippen molar-refractivity contribution in [3.8, 4) is 11.8 Å². The number of nitriles is 1. The molecule has 0 amide bonds. The van der Waals surface area contributed by atoms with Crippen LogP contribution < -0.4 is 9.64 Å². The minimum Gasteiger partial charge on any atom is -0.762 e. The lowest BCUT2D eigenvalue weighted by Gasteiger charge is -2.30. The molecule has 0 aromatic heterocycles. The lowest BCUT2D eigenvalue weighted by Crippen LogP contribution is -2.32. The van der Waals surface area contributed by atoms with E-state index < -0.39 is 10.8 Å². The predicted octanol–water partition coefficient (Wildman–Crippen LogP) is 6.94. The van der Waals surface area contributed by atoms with Gasteiger partial charge in [0.2, 0.25) is 5.69 Å². The summed E-state index contributed by atoms with van der Waals surface area (Å²) in [7, 11) is 1.65. The molecular weight excluding hydrogens is 532 g/mol. The van der Waals surface area contributed by atoms with Crippen LogP contribution in [0.25, 0.3) is 5.41 Å². The molecule has 3 aliphatic rings. The molecule has 0 saturated carbocycles. The van der Waals surface area contributed by atoms with E-state index in [2.05, 4.69) is 51.0 Å². The number of methoxy groups -OCH3 is 1. The average Bonchev–Trinajstić information content (AvgIpc) is 3.30. The number of hydrogen-bond acceptors (Lipinski definition) is 4. The third-order valence-electron chi connectivity index (χ3n) is 8.65. The van der Waals surface area contributed by atoms with E-state index in [1.807, 2.05) is 60.5 Å². The molecule has 41 heavy (non-hydrogen) atoms. The summed E-state index contributed by atoms with van der Waals surface area (Å²) in [6.07, 6.45) is 3.74. The molecule has 5 rings (SSSR count). The van der Waals surface area contributed by atoms with Crippen molar-refractivity contribution in [2.75, 3.05) is 25.1 Å². The number of allylic oxidation sites excluding steroid dienone is 7. The molecule has 2 aromatic rings. The van der Waals surface area contributed by atoms with Gasteiger partial charge in [0.05, 0.1) is 18.1 Å². The van der Waals surface area contributed by atoms with Gasteiger partial charge in [0.1, 0.15) is 18.4 Å². The van der Waals surface area contributed by atoms with Gasteiger partial charge in [-0.15, -0.1) is 0 Å². The number of benzene rings is 2. The van der Waals surface area contributed by atoms with Crippen LogP contribution in [0.2, 0.25) is 5.02 Å². The Hall–Kier alpha value is -4.17. The average molecular weight is 565 g/mol. The molecule has 6 nitrogen and oxygen atoms in total. The van der Waals surface area contributed by atoms with Crippen LogP contribution in [-0.2, 0) is 15.6 Å². The van der Waals surface area contributed by atoms with Crippen molar-refractivity contribution in [1.82, 2.24) is 0 Å². The Labute approximate surface area is 246 Å². The minimum atomic E-state index is -0.435. The number of rotatable bonds is 6. The van der Waals surface area contributed by atoms with Crippen LogP contribution in [0.5, 0.6) is 5.75 Å². The van der Waals surface area contributed by atoms with Gasteiger partial charge >= 0.3 is 0 Å². The summed E-state index contributed by atoms with van der Waals surface area (Å²) in [4.78, 5) is 16.1. The van der Waals surface area contributed by atoms with E-state index in [1.165, 1.54) is 0 Å². The predicted molar refractivity (Wildman–Crippen MR) is 165 cm³/mol. The fraction of sp³-hybridized carbons (Fsp3) is 0.324. The Kier molecular flexibility index (Phi) is 6.94. The zero-order valence-corrected chi connectivity index (χ0v) is 25.3. The zero-order valence-electron chi connectivity index (χ0n) is 24.5. The molecule has 0 spiro atoms. The quantitative estimate of drug-likeness (QED) is 0.165. The number of hydrogen-bond donors (Lipinski definition) is 0. The second-order valence-corrected chi connectivity index (χ2v) is 11.9. The number of ether oxygens (including phenoxy) is 1. The molecule has 0 saturated heterocycles. The summed E-state index contributed by atoms with van der Waals surface area (Å²) in [5.41, 5.74) is 6.36. The number of halogens is 1. The number of fused-ring (bicyclic) bond motifs is 2. The maximum Gasteiger partial charge on any atom is 0.210 e. The van der Waals surface area contributed by atoms with E-state index in [0.29, 0.717) is 34.8 Å². The molecule has 208 valence electrons. The van der Waals surface area contributed by atoms with Crippen molar-refractivity contribution in [1.29, 1.82) is 5.26 Å². The highest BCUT2D eigenvalue weighted by Gasteiger charge is 2.47. The molecule has 2 heterocycles. The summed E-state index contributed by atoms with van der Waals surface area (Å²) in [5, 5.41) is 20.5. The van der Waals surface area contributed by atoms with Crippen molar-refractivity contribution in [2.24, 2.45) is 0 Å². The molecule has 2 aliphatic heterocycles. The smallest absolute Gasteiger partial charge is 0.210 e. The van der Waals surface area contributed by atoms with Gasteiger partial charge in [-0.3, -0.25) is 4.79 Å². The van der Waals surface area contributed by atoms with E-state index in [0.717, 1.165) is 39.7 Å². The van der Waals surface area contributed by atoms with Gasteiger partial charge in [0.15, 0.2) is 11.5 Å². The topological polar surface area (TPSA) is 78.6 Å². The first kappa shape index (κ1) is 28.4. The van der Waals surface area contributed by atoms with Crippen LogP contribution >= 0.6 is 11.6 Å². The third kappa shape index (κ3) is 4.11. The molecule has 0 fully saturated rings. The highest BCUT2D eigenvalue weighted by molar-refractivity contribution is 6.31. The normalized spacial score (nSPS) is 20.2. The Morgan fingerprint density at radius 2 is 1.83 bits per heavy atom. The van der Waals surface area contributed by atoms with E-state index in [4.69, 9.17) is 16.3 Å². The summed E-state index contributed by atoms with van der Waals surface area (Å²) in [6, 6.07) is 13.9. The van der Waals surface area contributed by atoms with E-state index >= 15 is 0 Å². The number of ketones is 1. The Morgan fingerprint density at radius 1 is 1.10 bits per heavy atom. The number of carbonyl (C=O) groups is 1. The lowest BCUT2D eigenvalue weighted by molar-refractivity contribution is -0.433. The van der Waals surface area contributed by atoms with Crippen molar-refractivity contribution in [2.45, 2.75) is 52.4 Å². The summed E-state index contributed by atoms with van der Waals surface area (Å²) in [6.45, 7) is 13.9. The van der Waals surface area contributed by atoms with Crippen molar-refractivity contribution < 1.29 is 14.1 Å². The minimum absolute atomic E-state index is 0.0688. The Bertz CT molecular complexity index is 1740. The number of Topliss-reactive ketones (excluding diaryl/α,β-unsaturated/α-hetero) is 1. The Balaban J connectivity index is 1.70. The highest BCUT2D eigenvalue weighted by atomic mass is 35.5. The summed E-state index contributed by atoms with van der Waals surface area (Å²) < 4.78 is 7.67. The zero-order chi connectivity index (χ0) is 29.9. The van der Waals surface area contributed by atoms with Crippen molar-refractivity contribution in [3.63, 3.8) is 0 Å². The van der Waals surface area contributed by atoms with Crippen LogP contribution in [0, 0.1) is 11.3 Å². The first-order valence-corrected chi connectivity index (χ1v) is 14.2. The number of likely N-dealkylation sites (N-methyl/N-ethyl adjacent to an activating group) is 1. The molecule has 0 bridgehead atoms. The number of carbonyl (C=O) groups excluding carboxylic acids is 1. The molecule has 0 unspecified atom stereocenters. The fourth-order valence-electron chi connectivity index (χ4n) is 6.44. The molecule has 0 N–H and O–H groups in total. The van der Waals surface area contributed by atoms with E-state index in [-0.39, 0.29) is 11.4 Å². The number of nitrogens with zero attached hydrogens (tertiary/aromatic N) is 4. The largest absolute Gasteiger partial charge is 0.762 e. The third-order valence-corrected chi connectivity index (χ3v) is 8.88. The molecule has 0 atom stereocenters. The van der Waals surface area contributed by atoms with Crippen molar-refractivity contribution in [3.05, 3.63) is 98.1 Å². The second kappa shape index (κ2) is 10.0. The standard InChI is InChI=1S/C34H33ClN4O2/c1-8-38-27-12-10-21(35)14-25(27)33(3,4)29(38)16-23-31(20(18-36)19-37)24(32(23)40)17-30-34(5,6)26-15-22(41-7)11-13-28(26)39(30)9-2/h10-17H,8-9H2,1-7H3. The SMILES string of the molecule is CCN1C(=CC2=C(C(=C=[N-])C#N)C(=CC3=[N+](CC)c4ccc(OC)cc4C3(C)C)C2=O)C(C)(C)c2cc(Cl)ccc21. The monoisotopic (exact) mass is 564 g/mol. The van der Waals surface area contributed by atoms with Gasteiger partial charge in [0.25, 0.3) is 0 Å². The van der Waals surface area contributed by atoms with Gasteiger partial charge in [-0.1, -0.05) is 25.4 Å². The van der Waals surface area contributed by atoms with Crippen molar-refractivity contribution >= 4 is 40.3 Å². The lowest BCUT2D eigenvalue weighted by atomic mass is 9.73. The first-order chi connectivity index (χ1) is 19.5. The Morgan fingerprint density at radius 3 is 2.44 bits per heavy atom. The molecule has 0 radical (unpaired) electrons. The maximum atomic E-state index is 13.9. The van der Waals surface area contributed by atoms with Gasteiger partial charge in [0, 0.05) is 62.8 Å². The first-order valence-electron chi connectivity index (χ1n) is 13.8. The van der Waals surface area contributed by atoms with E-state index in [9.17, 15) is 15.5 Å². The van der Waals surface area contributed by atoms with Crippen LogP contribution in [0.3, 0.4) is 0 Å². The maximum absolute atomic E-state index is 13.9. The van der Waals surface area contributed by atoms with Crippen LogP contribution in [-0.4, -0.2) is 42.1 Å². The van der Waals surface area contributed by atoms with Gasteiger partial charge in [-0.2, -0.15) is 9.84 Å². The van der Waals surface area contributed by atoms with Gasteiger partial charge in [-0.25, -0.2) is 5.87 Å². The molecule has 7 heteroatoms. The second-order valence-electron chi connectivity index (χ2n) is 11.5. The molecular formula is C34H33ClN4O2. The van der Waals surface area contributed by atoms with Crippen LogP contribution in [0.1, 0.15) is 52.7 Å². The fourth-order valence-corrected chi connectivity index (χ4v) is 6.61. The number of anilines is 1. The van der Waals surface area contributed by atoms with Gasteiger partial charge < -0.3 is 15.0 Å². The van der Waals surface area contributed by atoms with Gasteiger partial charge in [-0.05, 0) is 69.7 Å². The summed E-state index contributed by atoms with van der Waals surface area (Å²) >= 11 is 6.36. The highest BCUT2D eigenvalue weighted by Crippen LogP contribution is 2.50. The molecule has 1 aliphatic carbocycles. The van der Waals surface area contributed by atoms with Crippen LogP contribution in [0.4, 0.5) is 11.4 Å². The molecule has 2 aromatic carbocycles. The summed E-state index contributed by atoms with van der Waals surface area (Å²) in [5.74, 6) is 2.63. The van der Waals surface area contributed by atoms with E-state index in [1.54, 1.807) is 7.11 Å².